The van der Waals surface area contributed by atoms with Crippen LogP contribution in [0.3, 0.4) is 0 Å². The van der Waals surface area contributed by atoms with Gasteiger partial charge in [0.15, 0.2) is 5.44 Å². The summed E-state index contributed by atoms with van der Waals surface area (Å²) in [5.74, 6) is -0.944. The van der Waals surface area contributed by atoms with E-state index in [2.05, 4.69) is 5.32 Å². The summed E-state index contributed by atoms with van der Waals surface area (Å²) in [6.45, 7) is 0. The molecule has 1 fully saturated rings. The normalized spacial score (nSPS) is 25.4. The van der Waals surface area contributed by atoms with Crippen molar-refractivity contribution in [2.75, 3.05) is 0 Å². The smallest absolute Gasteiger partial charge is 0.260 e. The van der Waals surface area contributed by atoms with Crippen molar-refractivity contribution in [2.24, 2.45) is 0 Å². The SMILES string of the molecule is O=C1NC(c2ccc(F)c(Cl)c2)SC1O. The van der Waals surface area contributed by atoms with E-state index in [9.17, 15) is 14.3 Å². The molecule has 2 unspecified atom stereocenters. The Bertz CT molecular complexity index is 415. The fourth-order valence-corrected chi connectivity index (χ4v) is 2.39. The lowest BCUT2D eigenvalue weighted by molar-refractivity contribution is -0.124. The van der Waals surface area contributed by atoms with Crippen LogP contribution in [0.2, 0.25) is 5.02 Å². The molecule has 2 N–H and O–H groups in total. The molecule has 15 heavy (non-hydrogen) atoms. The fourth-order valence-electron chi connectivity index (χ4n) is 1.26. The maximum absolute atomic E-state index is 12.9. The predicted molar refractivity (Wildman–Crippen MR) is 55.9 cm³/mol. The van der Waals surface area contributed by atoms with Gasteiger partial charge in [-0.1, -0.05) is 29.4 Å². The van der Waals surface area contributed by atoms with Crippen molar-refractivity contribution in [3.8, 4) is 0 Å². The molecule has 0 aliphatic carbocycles. The number of halogens is 2. The van der Waals surface area contributed by atoms with Gasteiger partial charge in [-0.2, -0.15) is 0 Å². The zero-order valence-corrected chi connectivity index (χ0v) is 8.98. The molecule has 1 heterocycles. The quantitative estimate of drug-likeness (QED) is 0.794. The van der Waals surface area contributed by atoms with Gasteiger partial charge < -0.3 is 10.4 Å². The number of hydrogen-bond acceptors (Lipinski definition) is 3. The van der Waals surface area contributed by atoms with Crippen molar-refractivity contribution in [1.82, 2.24) is 5.32 Å². The van der Waals surface area contributed by atoms with Gasteiger partial charge in [-0.15, -0.1) is 0 Å². The average molecular weight is 248 g/mol. The van der Waals surface area contributed by atoms with Crippen LogP contribution in [0.1, 0.15) is 10.9 Å². The maximum atomic E-state index is 12.9. The van der Waals surface area contributed by atoms with Crippen molar-refractivity contribution in [1.29, 1.82) is 0 Å². The lowest BCUT2D eigenvalue weighted by Crippen LogP contribution is -2.23. The molecule has 1 saturated heterocycles. The minimum absolute atomic E-state index is 0.00346. The van der Waals surface area contributed by atoms with Crippen LogP contribution in [0.4, 0.5) is 4.39 Å². The molecule has 1 aliphatic rings. The zero-order valence-electron chi connectivity index (χ0n) is 7.41. The summed E-state index contributed by atoms with van der Waals surface area (Å²) < 4.78 is 12.9. The fraction of sp³-hybridized carbons (Fsp3) is 0.222. The Kier molecular flexibility index (Phi) is 2.86. The van der Waals surface area contributed by atoms with E-state index in [0.29, 0.717) is 5.56 Å². The molecule has 0 bridgehead atoms. The van der Waals surface area contributed by atoms with E-state index in [1.807, 2.05) is 0 Å². The Labute approximate surface area is 94.6 Å². The summed E-state index contributed by atoms with van der Waals surface area (Å²) in [6, 6.07) is 4.19. The molecule has 3 nitrogen and oxygen atoms in total. The van der Waals surface area contributed by atoms with Crippen LogP contribution >= 0.6 is 23.4 Å². The third-order valence-corrected chi connectivity index (χ3v) is 3.43. The average Bonchev–Trinajstić information content (AvgIpc) is 2.52. The van der Waals surface area contributed by atoms with Crippen LogP contribution in [0.5, 0.6) is 0 Å². The number of aliphatic hydroxyl groups excluding tert-OH is 1. The third kappa shape index (κ3) is 2.09. The van der Waals surface area contributed by atoms with Gasteiger partial charge in [0.2, 0.25) is 0 Å². The van der Waals surface area contributed by atoms with Gasteiger partial charge in [0.1, 0.15) is 11.2 Å². The first kappa shape index (κ1) is 10.7. The summed E-state index contributed by atoms with van der Waals surface area (Å²) in [5.41, 5.74) is -0.407. The summed E-state index contributed by atoms with van der Waals surface area (Å²) in [7, 11) is 0. The van der Waals surface area contributed by atoms with Gasteiger partial charge in [-0.25, -0.2) is 4.39 Å². The molecule has 0 spiro atoms. The lowest BCUT2D eigenvalue weighted by atomic mass is 10.2. The van der Waals surface area contributed by atoms with E-state index in [4.69, 9.17) is 11.6 Å². The standard InChI is InChI=1S/C9H7ClFNO2S/c10-5-3-4(1-2-6(5)11)8-12-7(13)9(14)15-8/h1-3,8-9,14H,(H,12,13). The van der Waals surface area contributed by atoms with Crippen LogP contribution < -0.4 is 5.32 Å². The van der Waals surface area contributed by atoms with E-state index >= 15 is 0 Å². The molecule has 1 aliphatic heterocycles. The number of benzene rings is 1. The third-order valence-electron chi connectivity index (χ3n) is 2.01. The number of thioether (sulfide) groups is 1. The largest absolute Gasteiger partial charge is 0.373 e. The molecule has 1 aromatic carbocycles. The second-order valence-corrected chi connectivity index (χ2v) is 4.65. The number of carbonyl (C=O) groups is 1. The number of nitrogens with one attached hydrogen (secondary N) is 1. The van der Waals surface area contributed by atoms with Gasteiger partial charge in [-0.3, -0.25) is 4.79 Å². The highest BCUT2D eigenvalue weighted by Crippen LogP contribution is 2.35. The molecule has 6 heteroatoms. The first-order chi connectivity index (χ1) is 7.08. The van der Waals surface area contributed by atoms with E-state index in [-0.39, 0.29) is 10.4 Å². The number of aliphatic hydroxyl groups is 1. The van der Waals surface area contributed by atoms with Crippen molar-refractivity contribution in [3.63, 3.8) is 0 Å². The molecule has 2 rings (SSSR count). The maximum Gasteiger partial charge on any atom is 0.260 e. The predicted octanol–water partition coefficient (Wildman–Crippen LogP) is 1.66. The van der Waals surface area contributed by atoms with Gasteiger partial charge in [0.25, 0.3) is 5.91 Å². The molecule has 1 aromatic rings. The van der Waals surface area contributed by atoms with Gasteiger partial charge in [0.05, 0.1) is 5.02 Å². The molecular weight excluding hydrogens is 241 g/mol. The highest BCUT2D eigenvalue weighted by molar-refractivity contribution is 8.01. The first-order valence-corrected chi connectivity index (χ1v) is 5.49. The highest BCUT2D eigenvalue weighted by atomic mass is 35.5. The number of carbonyl (C=O) groups excluding carboxylic acids is 1. The van der Waals surface area contributed by atoms with Gasteiger partial charge >= 0.3 is 0 Å². The molecular formula is C9H7ClFNO2S. The van der Waals surface area contributed by atoms with Crippen molar-refractivity contribution in [2.45, 2.75) is 10.8 Å². The Morgan fingerprint density at radius 1 is 1.53 bits per heavy atom. The Morgan fingerprint density at radius 2 is 2.27 bits per heavy atom. The number of amides is 1. The van der Waals surface area contributed by atoms with Crippen LogP contribution in [0, 0.1) is 5.82 Å². The van der Waals surface area contributed by atoms with Gasteiger partial charge in [0, 0.05) is 0 Å². The van der Waals surface area contributed by atoms with E-state index in [1.54, 1.807) is 0 Å². The second-order valence-electron chi connectivity index (χ2n) is 3.05. The molecule has 1 amide bonds. The summed E-state index contributed by atoms with van der Waals surface area (Å²) in [6.07, 6.45) is 0. The van der Waals surface area contributed by atoms with Crippen LogP contribution in [0.25, 0.3) is 0 Å². The summed E-state index contributed by atoms with van der Waals surface area (Å²) >= 11 is 6.66. The van der Waals surface area contributed by atoms with Crippen LogP contribution in [-0.4, -0.2) is 16.4 Å². The number of rotatable bonds is 1. The second kappa shape index (κ2) is 4.00. The Balaban J connectivity index is 2.24. The molecule has 0 radical (unpaired) electrons. The zero-order chi connectivity index (χ0) is 11.0. The van der Waals surface area contributed by atoms with Crippen LogP contribution in [-0.2, 0) is 4.79 Å². The minimum atomic E-state index is -1.07. The van der Waals surface area contributed by atoms with E-state index in [0.717, 1.165) is 11.8 Å². The highest BCUT2D eigenvalue weighted by Gasteiger charge is 2.31. The molecule has 0 aromatic heterocycles. The van der Waals surface area contributed by atoms with Crippen molar-refractivity contribution >= 4 is 29.3 Å². The molecule has 80 valence electrons. The Morgan fingerprint density at radius 3 is 2.80 bits per heavy atom. The summed E-state index contributed by atoms with van der Waals surface area (Å²) in [4.78, 5) is 11.0. The topological polar surface area (TPSA) is 49.3 Å². The monoisotopic (exact) mass is 247 g/mol. The van der Waals surface area contributed by atoms with Crippen LogP contribution in [0.15, 0.2) is 18.2 Å². The van der Waals surface area contributed by atoms with E-state index in [1.165, 1.54) is 18.2 Å². The number of hydrogen-bond donors (Lipinski definition) is 2. The molecule has 0 saturated carbocycles. The van der Waals surface area contributed by atoms with Crippen molar-refractivity contribution in [3.05, 3.63) is 34.6 Å². The van der Waals surface area contributed by atoms with Crippen molar-refractivity contribution < 1.29 is 14.3 Å². The Hall–Kier alpha value is -0.780. The lowest BCUT2D eigenvalue weighted by Gasteiger charge is -2.09. The molecule has 2 atom stereocenters. The minimum Gasteiger partial charge on any atom is -0.373 e. The van der Waals surface area contributed by atoms with E-state index < -0.39 is 17.2 Å². The van der Waals surface area contributed by atoms with Gasteiger partial charge in [-0.05, 0) is 17.7 Å². The first-order valence-electron chi connectivity index (χ1n) is 4.17. The summed E-state index contributed by atoms with van der Waals surface area (Å²) in [5, 5.41) is 11.4.